The van der Waals surface area contributed by atoms with Gasteiger partial charge in [0.1, 0.15) is 0 Å². The molecule has 1 fully saturated rings. The fourth-order valence-electron chi connectivity index (χ4n) is 3.46. The minimum absolute atomic E-state index is 0.0409. The van der Waals surface area contributed by atoms with Crippen LogP contribution in [0.25, 0.3) is 10.1 Å². The third-order valence-corrected chi connectivity index (χ3v) is 6.64. The van der Waals surface area contributed by atoms with E-state index in [4.69, 9.17) is 0 Å². The second kappa shape index (κ2) is 8.52. The van der Waals surface area contributed by atoms with Crippen LogP contribution in [-0.4, -0.2) is 48.4 Å². The summed E-state index contributed by atoms with van der Waals surface area (Å²) in [6.07, 6.45) is 0. The molecule has 1 amide bonds. The van der Waals surface area contributed by atoms with Gasteiger partial charge in [0.25, 0.3) is 0 Å². The molecule has 0 atom stereocenters. The topological polar surface area (TPSA) is 35.6 Å². The van der Waals surface area contributed by atoms with E-state index < -0.39 is 0 Å². The van der Waals surface area contributed by atoms with Crippen molar-refractivity contribution in [2.75, 3.05) is 38.0 Å². The summed E-state index contributed by atoms with van der Waals surface area (Å²) in [4.78, 5) is 17.0. The number of nitrogens with one attached hydrogen (secondary N) is 1. The van der Waals surface area contributed by atoms with Gasteiger partial charge in [0.05, 0.1) is 12.2 Å². The average molecular weight is 444 g/mol. The number of carbonyl (C=O) groups is 1. The first-order valence-corrected chi connectivity index (χ1v) is 10.8. The van der Waals surface area contributed by atoms with Crippen molar-refractivity contribution in [2.45, 2.75) is 6.54 Å². The molecular formula is C21H22BrN3OS. The van der Waals surface area contributed by atoms with Crippen molar-refractivity contribution in [1.82, 2.24) is 9.80 Å². The summed E-state index contributed by atoms with van der Waals surface area (Å²) in [5, 5.41) is 6.64. The summed E-state index contributed by atoms with van der Waals surface area (Å²) in [6, 6.07) is 16.3. The maximum absolute atomic E-state index is 12.3. The summed E-state index contributed by atoms with van der Waals surface area (Å²) >= 11 is 5.29. The highest BCUT2D eigenvalue weighted by atomic mass is 79.9. The Morgan fingerprint density at radius 2 is 1.70 bits per heavy atom. The lowest BCUT2D eigenvalue weighted by molar-refractivity contribution is -0.117. The highest BCUT2D eigenvalue weighted by molar-refractivity contribution is 9.10. The minimum atomic E-state index is 0.0409. The number of rotatable bonds is 5. The Labute approximate surface area is 171 Å². The molecule has 0 radical (unpaired) electrons. The third-order valence-electron chi connectivity index (χ3n) is 4.94. The van der Waals surface area contributed by atoms with Crippen LogP contribution in [0.3, 0.4) is 0 Å². The van der Waals surface area contributed by atoms with Crippen LogP contribution in [0, 0.1) is 0 Å². The Bertz CT molecular complexity index is 934. The monoisotopic (exact) mass is 443 g/mol. The molecule has 0 spiro atoms. The van der Waals surface area contributed by atoms with Gasteiger partial charge in [0.15, 0.2) is 0 Å². The zero-order chi connectivity index (χ0) is 18.6. The van der Waals surface area contributed by atoms with E-state index in [-0.39, 0.29) is 5.91 Å². The summed E-state index contributed by atoms with van der Waals surface area (Å²) in [6.45, 7) is 5.26. The maximum Gasteiger partial charge on any atom is 0.238 e. The van der Waals surface area contributed by atoms with Gasteiger partial charge in [0.2, 0.25) is 5.91 Å². The maximum atomic E-state index is 12.3. The molecule has 3 aromatic rings. The SMILES string of the molecule is O=C(CN1CCN(Cc2csc3ccccc23)CC1)Nc1ccccc1Br. The molecule has 27 heavy (non-hydrogen) atoms. The van der Waals surface area contributed by atoms with Crippen LogP contribution in [0.4, 0.5) is 5.69 Å². The summed E-state index contributed by atoms with van der Waals surface area (Å²) in [5.41, 5.74) is 2.24. The van der Waals surface area contributed by atoms with Gasteiger partial charge >= 0.3 is 0 Å². The Kier molecular flexibility index (Phi) is 5.88. The molecule has 2 heterocycles. The number of amides is 1. The molecule has 4 rings (SSSR count). The third kappa shape index (κ3) is 4.58. The van der Waals surface area contributed by atoms with E-state index >= 15 is 0 Å². The molecule has 1 aliphatic rings. The van der Waals surface area contributed by atoms with E-state index in [1.165, 1.54) is 15.6 Å². The van der Waals surface area contributed by atoms with E-state index in [0.29, 0.717) is 6.54 Å². The number of carbonyl (C=O) groups excluding carboxylic acids is 1. The van der Waals surface area contributed by atoms with Crippen molar-refractivity contribution in [2.24, 2.45) is 0 Å². The van der Waals surface area contributed by atoms with Crippen molar-refractivity contribution in [3.63, 3.8) is 0 Å². The second-order valence-corrected chi connectivity index (χ2v) is 8.60. The highest BCUT2D eigenvalue weighted by Gasteiger charge is 2.20. The normalized spacial score (nSPS) is 15.9. The van der Waals surface area contributed by atoms with E-state index in [1.807, 2.05) is 35.6 Å². The molecule has 1 aliphatic heterocycles. The Morgan fingerprint density at radius 1 is 1.00 bits per heavy atom. The average Bonchev–Trinajstić information content (AvgIpc) is 3.08. The van der Waals surface area contributed by atoms with Crippen LogP contribution in [0.5, 0.6) is 0 Å². The van der Waals surface area contributed by atoms with Crippen LogP contribution in [-0.2, 0) is 11.3 Å². The number of para-hydroxylation sites is 1. The van der Waals surface area contributed by atoms with Crippen molar-refractivity contribution in [1.29, 1.82) is 0 Å². The highest BCUT2D eigenvalue weighted by Crippen LogP contribution is 2.27. The Hall–Kier alpha value is -1.73. The van der Waals surface area contributed by atoms with Crippen molar-refractivity contribution < 1.29 is 4.79 Å². The fourth-order valence-corrected chi connectivity index (χ4v) is 4.79. The molecule has 1 saturated heterocycles. The van der Waals surface area contributed by atoms with Gasteiger partial charge in [-0.3, -0.25) is 14.6 Å². The lowest BCUT2D eigenvalue weighted by Gasteiger charge is -2.34. The number of benzene rings is 2. The lowest BCUT2D eigenvalue weighted by atomic mass is 10.1. The predicted octanol–water partition coefficient (Wildman–Crippen LogP) is 4.42. The lowest BCUT2D eigenvalue weighted by Crippen LogP contribution is -2.48. The molecule has 1 aromatic heterocycles. The zero-order valence-corrected chi connectivity index (χ0v) is 17.4. The van der Waals surface area contributed by atoms with E-state index in [0.717, 1.165) is 42.9 Å². The van der Waals surface area contributed by atoms with Crippen LogP contribution >= 0.6 is 27.3 Å². The molecule has 0 aliphatic carbocycles. The number of halogens is 1. The van der Waals surface area contributed by atoms with Gasteiger partial charge in [-0.05, 0) is 50.5 Å². The quantitative estimate of drug-likeness (QED) is 0.633. The first kappa shape index (κ1) is 18.6. The number of thiophene rings is 1. The molecule has 140 valence electrons. The molecular weight excluding hydrogens is 422 g/mol. The van der Waals surface area contributed by atoms with Gasteiger partial charge in [-0.1, -0.05) is 30.3 Å². The van der Waals surface area contributed by atoms with Crippen LogP contribution in [0.2, 0.25) is 0 Å². The van der Waals surface area contributed by atoms with E-state index in [2.05, 4.69) is 60.7 Å². The number of hydrogen-bond donors (Lipinski definition) is 1. The number of fused-ring (bicyclic) bond motifs is 1. The molecule has 0 saturated carbocycles. The van der Waals surface area contributed by atoms with Gasteiger partial charge in [-0.15, -0.1) is 11.3 Å². The first-order chi connectivity index (χ1) is 13.2. The minimum Gasteiger partial charge on any atom is -0.324 e. The van der Waals surface area contributed by atoms with Gasteiger partial charge < -0.3 is 5.32 Å². The number of piperazine rings is 1. The van der Waals surface area contributed by atoms with E-state index in [9.17, 15) is 4.79 Å². The number of anilines is 1. The zero-order valence-electron chi connectivity index (χ0n) is 15.0. The number of hydrogen-bond acceptors (Lipinski definition) is 4. The molecule has 0 unspecified atom stereocenters. The standard InChI is InChI=1S/C21H22BrN3OS/c22-18-6-2-3-7-19(18)23-21(26)14-25-11-9-24(10-12-25)13-16-15-27-20-8-4-1-5-17(16)20/h1-8,15H,9-14H2,(H,23,26). The van der Waals surface area contributed by atoms with Gasteiger partial charge in [-0.25, -0.2) is 0 Å². The smallest absolute Gasteiger partial charge is 0.238 e. The molecule has 6 heteroatoms. The summed E-state index contributed by atoms with van der Waals surface area (Å²) in [7, 11) is 0. The fraction of sp³-hybridized carbons (Fsp3) is 0.286. The van der Waals surface area contributed by atoms with Crippen molar-refractivity contribution in [3.8, 4) is 0 Å². The molecule has 1 N–H and O–H groups in total. The van der Waals surface area contributed by atoms with Crippen LogP contribution in [0.1, 0.15) is 5.56 Å². The molecule has 4 nitrogen and oxygen atoms in total. The second-order valence-electron chi connectivity index (χ2n) is 6.84. The van der Waals surface area contributed by atoms with Crippen molar-refractivity contribution in [3.05, 3.63) is 63.9 Å². The summed E-state index contributed by atoms with van der Waals surface area (Å²) < 4.78 is 2.26. The van der Waals surface area contributed by atoms with Gasteiger partial charge in [0, 0.05) is 41.9 Å². The Balaban J connectivity index is 1.27. The van der Waals surface area contributed by atoms with Crippen molar-refractivity contribution >= 4 is 48.9 Å². The predicted molar refractivity (Wildman–Crippen MR) is 116 cm³/mol. The van der Waals surface area contributed by atoms with Crippen LogP contribution in [0.15, 0.2) is 58.4 Å². The van der Waals surface area contributed by atoms with E-state index in [1.54, 1.807) is 0 Å². The largest absolute Gasteiger partial charge is 0.324 e. The first-order valence-electron chi connectivity index (χ1n) is 9.13. The molecule has 2 aromatic carbocycles. The summed E-state index contributed by atoms with van der Waals surface area (Å²) in [5.74, 6) is 0.0409. The molecule has 0 bridgehead atoms. The Morgan fingerprint density at radius 3 is 2.52 bits per heavy atom. The number of nitrogens with zero attached hydrogens (tertiary/aromatic N) is 2. The van der Waals surface area contributed by atoms with Gasteiger partial charge in [-0.2, -0.15) is 0 Å². The van der Waals surface area contributed by atoms with Crippen LogP contribution < -0.4 is 5.32 Å².